The van der Waals surface area contributed by atoms with Crippen molar-refractivity contribution in [2.24, 2.45) is 0 Å². The Labute approximate surface area is 590 Å². The first-order chi connectivity index (χ1) is 46.5. The molecule has 0 aromatic carbocycles. The van der Waals surface area contributed by atoms with Gasteiger partial charge in [0.25, 0.3) is 0 Å². The molecule has 0 saturated carbocycles. The minimum Gasteiger partial charge on any atom is -0.462 e. The number of hydrogen-bond donors (Lipinski definition) is 1. The van der Waals surface area contributed by atoms with Crippen LogP contribution in [0.5, 0.6) is 0 Å². The number of rotatable bonds is 76. The molecular weight excluding hydrogens is 1220 g/mol. The van der Waals surface area contributed by atoms with Gasteiger partial charge in [0.15, 0.2) is 0 Å². The molecule has 16 heteroatoms. The van der Waals surface area contributed by atoms with Gasteiger partial charge in [0.1, 0.15) is 38.6 Å². The Hall–Kier alpha value is -1.51. The molecule has 0 aromatic rings. The van der Waals surface area contributed by atoms with Crippen LogP contribution in [0.25, 0.3) is 0 Å². The smallest absolute Gasteiger partial charge is 0.306 e. The number of carbonyl (C=O) groups excluding carboxylic acids is 4. The van der Waals surface area contributed by atoms with E-state index in [4.69, 9.17) is 35.2 Å². The topological polar surface area (TPSA) is 153 Å². The molecule has 0 spiro atoms. The van der Waals surface area contributed by atoms with Crippen molar-refractivity contribution in [2.75, 3.05) is 39.6 Å². The van der Waals surface area contributed by atoms with Crippen molar-refractivity contribution >= 4 is 50.7 Å². The van der Waals surface area contributed by atoms with Gasteiger partial charge in [-0.3, -0.25) is 23.9 Å². The average Bonchev–Trinajstić information content (AvgIpc) is 3.66. The van der Waals surface area contributed by atoms with Gasteiger partial charge in [-0.05, 0) is 52.7 Å². The summed E-state index contributed by atoms with van der Waals surface area (Å²) in [5.41, 5.74) is 0. The van der Waals surface area contributed by atoms with Gasteiger partial charge in [-0.2, -0.15) is 0 Å². The monoisotopic (exact) mass is 1380 g/mol. The van der Waals surface area contributed by atoms with Crippen LogP contribution in [-0.4, -0.2) is 103 Å². The summed E-state index contributed by atoms with van der Waals surface area (Å²) in [6, 6.07) is 0. The summed E-state index contributed by atoms with van der Waals surface area (Å²) in [5.74, 6) is -0.715. The fourth-order valence-electron chi connectivity index (χ4n) is 11.7. The van der Waals surface area contributed by atoms with Crippen molar-refractivity contribution in [3.8, 4) is 0 Å². The minimum atomic E-state index is -1.45. The van der Waals surface area contributed by atoms with Crippen LogP contribution in [0.2, 0.25) is 0 Å². The fourth-order valence-corrected chi connectivity index (χ4v) is 12.4. The molecule has 0 heterocycles. The maximum absolute atomic E-state index is 12.7. The molecule has 0 aliphatic carbocycles. The Morgan fingerprint density at radius 3 is 0.851 bits per heavy atom. The number of aliphatic hydroxyl groups is 1. The van der Waals surface area contributed by atoms with Gasteiger partial charge >= 0.3 is 23.9 Å². The largest absolute Gasteiger partial charge is 0.462 e. The van der Waals surface area contributed by atoms with Gasteiger partial charge in [0.2, 0.25) is 0 Å². The summed E-state index contributed by atoms with van der Waals surface area (Å²) in [5, 5.41) is 9.71. The lowest BCUT2D eigenvalue weighted by atomic mass is 10.1. The van der Waals surface area contributed by atoms with Crippen LogP contribution in [0, 0.1) is 0 Å². The van der Waals surface area contributed by atoms with Crippen LogP contribution < -0.4 is 0 Å². The highest BCUT2D eigenvalue weighted by Gasteiger charge is 2.20. The van der Waals surface area contributed by atoms with Crippen molar-refractivity contribution in [1.29, 1.82) is 2.61 Å². The molecule has 5 atom stereocenters. The van der Waals surface area contributed by atoms with E-state index in [1.807, 2.05) is 0 Å². The SMILES string of the molecule is CCCCCCCCCCCCCC(=O)O[C@H](CO)COCC[C@@H](CCCCCCC)OC(=O)CCCCCCCCCCC.F.[2H]P([B][3H])SOC[C@H](COCC[C@@H](CCCCCCC)OC(=O)CCCCCCCCCCC)OC(=O)CCCCCCCCCCCCC. The molecule has 0 aromatic heterocycles. The molecule has 0 rings (SSSR count). The molecule has 0 aliphatic rings. The maximum Gasteiger partial charge on any atom is 0.306 e. The average molecular weight is 1380 g/mol. The van der Waals surface area contributed by atoms with E-state index in [2.05, 4.69) is 41.5 Å². The summed E-state index contributed by atoms with van der Waals surface area (Å²) in [6.07, 6.45) is 63.9. The van der Waals surface area contributed by atoms with Crippen molar-refractivity contribution in [3.05, 3.63) is 0 Å². The van der Waals surface area contributed by atoms with Gasteiger partial charge in [0.05, 0.1) is 34.3 Å². The Bertz CT molecular complexity index is 1610. The van der Waals surface area contributed by atoms with E-state index in [9.17, 15) is 24.3 Å². The van der Waals surface area contributed by atoms with E-state index in [1.165, 1.54) is 231 Å². The molecule has 1 unspecified atom stereocenters. The summed E-state index contributed by atoms with van der Waals surface area (Å²) in [7, 11) is -0.392. The van der Waals surface area contributed by atoms with E-state index < -0.39 is 19.8 Å². The first kappa shape index (κ1) is 92.5. The summed E-state index contributed by atoms with van der Waals surface area (Å²) in [6.45, 7) is 14.4. The molecule has 94 heavy (non-hydrogen) atoms. The van der Waals surface area contributed by atoms with Crippen LogP contribution in [0.15, 0.2) is 0 Å². The molecular formula is C78H154BFO12PS. The molecule has 1 radical (unpaired) electrons. The summed E-state index contributed by atoms with van der Waals surface area (Å²) in [4.78, 5) is 50.2. The van der Waals surface area contributed by atoms with Crippen molar-refractivity contribution in [3.63, 3.8) is 0 Å². The van der Waals surface area contributed by atoms with Gasteiger partial charge in [-0.1, -0.05) is 332 Å². The zero-order valence-corrected chi connectivity index (χ0v) is 64.1. The number of esters is 4. The second-order valence-corrected chi connectivity index (χ2v) is 28.6. The second kappa shape index (κ2) is 82.2. The van der Waals surface area contributed by atoms with E-state index in [1.54, 1.807) is 0 Å². The molecule has 0 bridgehead atoms. The Balaban J connectivity index is -0.00000179. The molecule has 559 valence electrons. The van der Waals surface area contributed by atoms with Crippen molar-refractivity contribution < 1.29 is 61.6 Å². The number of ether oxygens (including phenoxy) is 6. The number of hydrogen-bond acceptors (Lipinski definition) is 13. The first-order valence-corrected chi connectivity index (χ1v) is 42.2. The van der Waals surface area contributed by atoms with E-state index in [0.717, 1.165) is 122 Å². The molecule has 12 nitrogen and oxygen atoms in total. The first-order valence-electron chi connectivity index (χ1n) is 40.9. The maximum atomic E-state index is 12.7. The summed E-state index contributed by atoms with van der Waals surface area (Å²) >= 11 is 0.932. The molecule has 0 fully saturated rings. The molecule has 0 aliphatic heterocycles. The number of halogens is 1. The Morgan fingerprint density at radius 2 is 0.585 bits per heavy atom. The van der Waals surface area contributed by atoms with E-state index in [0.29, 0.717) is 51.7 Å². The van der Waals surface area contributed by atoms with Crippen molar-refractivity contribution in [2.45, 2.75) is 438 Å². The van der Waals surface area contributed by atoms with Crippen LogP contribution >= 0.6 is 19.3 Å². The highest BCUT2D eigenvalue weighted by Crippen LogP contribution is 2.25. The third-order valence-corrected chi connectivity index (χ3v) is 18.6. The minimum absolute atomic E-state index is 0. The number of aliphatic hydroxyl groups excluding tert-OH is 1. The Morgan fingerprint density at radius 1 is 0.351 bits per heavy atom. The predicted octanol–water partition coefficient (Wildman–Crippen LogP) is 23.6. The number of unbranched alkanes of at least 4 members (excludes halogenated alkanes) is 44. The third kappa shape index (κ3) is 76.3. The third-order valence-electron chi connectivity index (χ3n) is 17.7. The molecule has 1 N–H and O–H groups in total. The lowest BCUT2D eigenvalue weighted by Gasteiger charge is -2.20. The van der Waals surface area contributed by atoms with Gasteiger partial charge < -0.3 is 37.7 Å². The fraction of sp³-hybridized carbons (Fsp3) is 0.949. The van der Waals surface area contributed by atoms with Crippen LogP contribution in [0.4, 0.5) is 4.70 Å². The highest BCUT2D eigenvalue weighted by molar-refractivity contribution is 8.53. The standard InChI is InChI=1S/C39H77BO6PS.C39H76O6.FH/c1-4-7-10-13-15-17-18-20-22-25-28-31-39(42)46-37(35-44-48-47-40)34-43-33-32-36(29-26-23-12-9-6-3)45-38(41)30-27-24-21-19-16-14-11-8-5-2;1-4-7-10-13-15-17-18-20-22-25-28-31-39(42)45-37(34-40)35-43-33-32-36(29-26-23-12-9-6-3)44-38(41)30-27-24-21-19-16-14-11-8-5-2;/h36-37,40,47H,4-35H2,1-3H3;36-37,40H,4-35H2,1-3H3;1H/t36-,37+,47?;36-,37-;/m11./s1/i40T,47D;;. The van der Waals surface area contributed by atoms with Gasteiger partial charge in [-0.15, -0.1) is 0 Å². The van der Waals surface area contributed by atoms with Crippen LogP contribution in [0.1, 0.15) is 414 Å². The van der Waals surface area contributed by atoms with Gasteiger partial charge in [0, 0.05) is 50.2 Å². The summed E-state index contributed by atoms with van der Waals surface area (Å²) < 4.78 is 55.3. The van der Waals surface area contributed by atoms with E-state index in [-0.39, 0.29) is 67.2 Å². The molecule has 0 saturated heterocycles. The van der Waals surface area contributed by atoms with Crippen LogP contribution in [0.3, 0.4) is 0 Å². The van der Waals surface area contributed by atoms with Crippen molar-refractivity contribution in [1.82, 2.24) is 0 Å². The molecule has 0 amide bonds. The van der Waals surface area contributed by atoms with Gasteiger partial charge in [-0.25, -0.2) is 0 Å². The Kier molecular flexibility index (Phi) is 80.8. The zero-order valence-electron chi connectivity index (χ0n) is 64.3. The lowest BCUT2D eigenvalue weighted by Crippen LogP contribution is -2.28. The van der Waals surface area contributed by atoms with E-state index >= 15 is 0 Å². The predicted molar refractivity (Wildman–Crippen MR) is 402 cm³/mol. The second-order valence-electron chi connectivity index (χ2n) is 27.0. The normalized spacial score (nSPS) is 13.1. The number of carbonyl (C=O) groups is 4. The lowest BCUT2D eigenvalue weighted by molar-refractivity contribution is -0.156. The zero-order chi connectivity index (χ0) is 69.8. The highest BCUT2D eigenvalue weighted by atomic mass is 32.7. The van der Waals surface area contributed by atoms with Crippen LogP contribution in [-0.2, 0) is 51.8 Å². The quantitative estimate of drug-likeness (QED) is 0.0154.